The zero-order valence-electron chi connectivity index (χ0n) is 7.13. The number of hydrogen-bond acceptors (Lipinski definition) is 2. The molecule has 0 amide bonds. The zero-order chi connectivity index (χ0) is 10.5. The maximum absolute atomic E-state index is 13.4. The Bertz CT molecular complexity index is 295. The van der Waals surface area contributed by atoms with Crippen LogP contribution >= 0.6 is 0 Å². The minimum Gasteiger partial charge on any atom is -0.481 e. The number of carbonyl (C=O) groups is 2. The molecule has 0 aromatic heterocycles. The Morgan fingerprint density at radius 2 is 1.36 bits per heavy atom. The third-order valence-corrected chi connectivity index (χ3v) is 3.08. The van der Waals surface area contributed by atoms with Crippen LogP contribution in [0.4, 0.5) is 4.39 Å². The molecule has 14 heavy (non-hydrogen) atoms. The summed E-state index contributed by atoms with van der Waals surface area (Å²) >= 11 is 0. The summed E-state index contributed by atoms with van der Waals surface area (Å²) in [5.41, 5.74) is 0. The van der Waals surface area contributed by atoms with E-state index in [4.69, 9.17) is 10.2 Å². The van der Waals surface area contributed by atoms with Gasteiger partial charge in [-0.05, 0) is 0 Å². The van der Waals surface area contributed by atoms with E-state index in [0.717, 1.165) is 0 Å². The normalized spacial score (nSPS) is 44.2. The SMILES string of the molecule is O=C(O)C1C2C=CC(C2F)C1C(=O)O. The van der Waals surface area contributed by atoms with Gasteiger partial charge in [0.15, 0.2) is 0 Å². The summed E-state index contributed by atoms with van der Waals surface area (Å²) in [7, 11) is 0. The molecule has 1 saturated carbocycles. The Balaban J connectivity index is 2.36. The van der Waals surface area contributed by atoms with Crippen LogP contribution in [0.3, 0.4) is 0 Å². The molecule has 0 aromatic rings. The van der Waals surface area contributed by atoms with Gasteiger partial charge in [-0.3, -0.25) is 9.59 Å². The molecule has 0 saturated heterocycles. The van der Waals surface area contributed by atoms with E-state index < -0.39 is 41.8 Å². The first-order chi connectivity index (χ1) is 6.54. The third-order valence-electron chi connectivity index (χ3n) is 3.08. The largest absolute Gasteiger partial charge is 0.481 e. The van der Waals surface area contributed by atoms with Gasteiger partial charge in [0.2, 0.25) is 0 Å². The highest BCUT2D eigenvalue weighted by Gasteiger charge is 2.58. The Labute approximate surface area is 79.0 Å². The van der Waals surface area contributed by atoms with Crippen molar-refractivity contribution in [1.29, 1.82) is 0 Å². The highest BCUT2D eigenvalue weighted by molar-refractivity contribution is 5.82. The first-order valence-electron chi connectivity index (χ1n) is 4.32. The molecule has 0 aromatic carbocycles. The van der Waals surface area contributed by atoms with Crippen LogP contribution < -0.4 is 0 Å². The van der Waals surface area contributed by atoms with Gasteiger partial charge in [-0.2, -0.15) is 0 Å². The summed E-state index contributed by atoms with van der Waals surface area (Å²) in [5.74, 6) is -6.21. The molecule has 2 aliphatic rings. The number of carboxylic acid groups (broad SMARTS) is 2. The lowest BCUT2D eigenvalue weighted by molar-refractivity contribution is -0.154. The Kier molecular flexibility index (Phi) is 1.83. The smallest absolute Gasteiger partial charge is 0.308 e. The van der Waals surface area contributed by atoms with Crippen molar-refractivity contribution in [3.63, 3.8) is 0 Å². The molecule has 0 heterocycles. The standard InChI is InChI=1S/C9H9FO4/c10-7-3-1-2-4(7)6(9(13)14)5(3)8(11)12/h1-7H,(H,11,12)(H,13,14). The van der Waals surface area contributed by atoms with Gasteiger partial charge in [-0.1, -0.05) is 12.2 Å². The van der Waals surface area contributed by atoms with Gasteiger partial charge < -0.3 is 10.2 Å². The van der Waals surface area contributed by atoms with Crippen molar-refractivity contribution in [1.82, 2.24) is 0 Å². The Morgan fingerprint density at radius 3 is 1.64 bits per heavy atom. The van der Waals surface area contributed by atoms with E-state index in [9.17, 15) is 14.0 Å². The number of aliphatic carboxylic acids is 2. The molecular weight excluding hydrogens is 191 g/mol. The van der Waals surface area contributed by atoms with Gasteiger partial charge in [-0.25, -0.2) is 4.39 Å². The molecule has 2 aliphatic carbocycles. The summed E-state index contributed by atoms with van der Waals surface area (Å²) < 4.78 is 13.4. The predicted molar refractivity (Wildman–Crippen MR) is 43.3 cm³/mol. The second-order valence-electron chi connectivity index (χ2n) is 3.71. The van der Waals surface area contributed by atoms with Crippen molar-refractivity contribution in [2.24, 2.45) is 23.7 Å². The van der Waals surface area contributed by atoms with E-state index in [1.165, 1.54) is 12.2 Å². The molecule has 2 bridgehead atoms. The molecule has 2 rings (SSSR count). The van der Waals surface area contributed by atoms with Crippen LogP contribution in [-0.2, 0) is 9.59 Å². The first-order valence-corrected chi connectivity index (χ1v) is 4.32. The molecule has 2 N–H and O–H groups in total. The summed E-state index contributed by atoms with van der Waals surface area (Å²) in [4.78, 5) is 21.6. The fraction of sp³-hybridized carbons (Fsp3) is 0.556. The van der Waals surface area contributed by atoms with E-state index in [1.807, 2.05) is 0 Å². The summed E-state index contributed by atoms with van der Waals surface area (Å²) in [6.07, 6.45) is 1.61. The molecule has 76 valence electrons. The molecule has 4 nitrogen and oxygen atoms in total. The van der Waals surface area contributed by atoms with Crippen LogP contribution in [0.25, 0.3) is 0 Å². The number of carboxylic acids is 2. The fourth-order valence-electron chi connectivity index (χ4n) is 2.48. The van der Waals surface area contributed by atoms with Gasteiger partial charge in [0.1, 0.15) is 6.17 Å². The number of halogens is 1. The predicted octanol–water partition coefficient (Wildman–Crippen LogP) is 0.542. The van der Waals surface area contributed by atoms with Crippen molar-refractivity contribution < 1.29 is 24.2 Å². The van der Waals surface area contributed by atoms with Gasteiger partial charge in [-0.15, -0.1) is 0 Å². The number of fused-ring (bicyclic) bond motifs is 2. The topological polar surface area (TPSA) is 74.6 Å². The van der Waals surface area contributed by atoms with Crippen molar-refractivity contribution in [2.45, 2.75) is 6.17 Å². The lowest BCUT2D eigenvalue weighted by Gasteiger charge is -2.19. The van der Waals surface area contributed by atoms with Gasteiger partial charge in [0, 0.05) is 11.8 Å². The minimum absolute atomic E-state index is 0.765. The molecule has 4 atom stereocenters. The molecule has 0 aliphatic heterocycles. The third kappa shape index (κ3) is 0.981. The van der Waals surface area contributed by atoms with Crippen LogP contribution in [0.1, 0.15) is 0 Å². The quantitative estimate of drug-likeness (QED) is 0.638. The van der Waals surface area contributed by atoms with Crippen LogP contribution in [0.15, 0.2) is 12.2 Å². The minimum atomic E-state index is -1.35. The number of rotatable bonds is 2. The van der Waals surface area contributed by atoms with Crippen LogP contribution in [0, 0.1) is 23.7 Å². The first kappa shape index (κ1) is 9.18. The van der Waals surface area contributed by atoms with Crippen molar-refractivity contribution in [2.75, 3.05) is 0 Å². The van der Waals surface area contributed by atoms with Crippen LogP contribution in [0.5, 0.6) is 0 Å². The zero-order valence-corrected chi connectivity index (χ0v) is 7.13. The summed E-state index contributed by atoms with van der Waals surface area (Å²) in [5, 5.41) is 17.6. The number of alkyl halides is 1. The second-order valence-corrected chi connectivity index (χ2v) is 3.71. The van der Waals surface area contributed by atoms with E-state index in [2.05, 4.69) is 0 Å². The lowest BCUT2D eigenvalue weighted by Crippen LogP contribution is -2.32. The summed E-state index contributed by atoms with van der Waals surface area (Å²) in [6.45, 7) is 0. The Hall–Kier alpha value is -1.39. The molecule has 1 fully saturated rings. The van der Waals surface area contributed by atoms with E-state index >= 15 is 0 Å². The molecular formula is C9H9FO4. The molecule has 4 unspecified atom stereocenters. The van der Waals surface area contributed by atoms with Gasteiger partial charge >= 0.3 is 11.9 Å². The fourth-order valence-corrected chi connectivity index (χ4v) is 2.48. The van der Waals surface area contributed by atoms with E-state index in [1.54, 1.807) is 0 Å². The molecule has 0 radical (unpaired) electrons. The van der Waals surface area contributed by atoms with Crippen molar-refractivity contribution in [3.05, 3.63) is 12.2 Å². The average Bonchev–Trinajstić information content (AvgIpc) is 2.58. The van der Waals surface area contributed by atoms with Crippen LogP contribution in [-0.4, -0.2) is 28.3 Å². The molecule has 5 heteroatoms. The Morgan fingerprint density at radius 1 is 1.00 bits per heavy atom. The highest BCUT2D eigenvalue weighted by atomic mass is 19.1. The van der Waals surface area contributed by atoms with Gasteiger partial charge in [0.05, 0.1) is 11.8 Å². The number of hydrogen-bond donors (Lipinski definition) is 2. The van der Waals surface area contributed by atoms with Crippen molar-refractivity contribution >= 4 is 11.9 Å². The van der Waals surface area contributed by atoms with Crippen molar-refractivity contribution in [3.8, 4) is 0 Å². The van der Waals surface area contributed by atoms with Gasteiger partial charge in [0.25, 0.3) is 0 Å². The molecule has 0 spiro atoms. The monoisotopic (exact) mass is 200 g/mol. The summed E-state index contributed by atoms with van der Waals surface area (Å²) in [6, 6.07) is 0. The van der Waals surface area contributed by atoms with E-state index in [0.29, 0.717) is 0 Å². The maximum Gasteiger partial charge on any atom is 0.308 e. The number of allylic oxidation sites excluding steroid dienone is 2. The second kappa shape index (κ2) is 2.80. The lowest BCUT2D eigenvalue weighted by atomic mass is 9.83. The van der Waals surface area contributed by atoms with E-state index in [-0.39, 0.29) is 0 Å². The average molecular weight is 200 g/mol. The van der Waals surface area contributed by atoms with Crippen LogP contribution in [0.2, 0.25) is 0 Å². The maximum atomic E-state index is 13.4. The highest BCUT2D eigenvalue weighted by Crippen LogP contribution is 2.49.